The minimum Gasteiger partial charge on any atom is -0.382 e. The smallest absolute Gasteiger partial charge is 0.180 e. The molecule has 3 rings (SSSR count). The van der Waals surface area contributed by atoms with Gasteiger partial charge in [-0.25, -0.2) is 14.4 Å². The van der Waals surface area contributed by atoms with Gasteiger partial charge in [0.25, 0.3) is 0 Å². The van der Waals surface area contributed by atoms with Crippen molar-refractivity contribution < 1.29 is 4.39 Å². The highest BCUT2D eigenvalue weighted by molar-refractivity contribution is 5.71. The number of nitrogens with zero attached hydrogens (tertiary/aromatic N) is 3. The van der Waals surface area contributed by atoms with E-state index in [4.69, 9.17) is 5.73 Å². The molecule has 0 fully saturated rings. The van der Waals surface area contributed by atoms with E-state index in [0.29, 0.717) is 23.0 Å². The van der Waals surface area contributed by atoms with Gasteiger partial charge in [-0.3, -0.25) is 0 Å². The van der Waals surface area contributed by atoms with Crippen LogP contribution in [0.3, 0.4) is 0 Å². The van der Waals surface area contributed by atoms with Crippen LogP contribution in [0.2, 0.25) is 0 Å². The maximum Gasteiger partial charge on any atom is 0.180 e. The van der Waals surface area contributed by atoms with E-state index in [1.165, 1.54) is 12.1 Å². The van der Waals surface area contributed by atoms with Crippen LogP contribution >= 0.6 is 0 Å². The van der Waals surface area contributed by atoms with Gasteiger partial charge in [0.2, 0.25) is 0 Å². The standard InChI is InChI=1S/C12H10FN5/c13-8-2-1-3-9(6-8)16-11-12-15-4-5-18(12)7-10(14)17-11/h1-7H,14H2,(H,16,17). The molecule has 2 aromatic heterocycles. The van der Waals surface area contributed by atoms with Crippen LogP contribution in [0.4, 0.5) is 21.7 Å². The van der Waals surface area contributed by atoms with Crippen LogP contribution in [-0.4, -0.2) is 14.4 Å². The molecule has 0 unspecified atom stereocenters. The topological polar surface area (TPSA) is 68.2 Å². The van der Waals surface area contributed by atoms with E-state index in [9.17, 15) is 4.39 Å². The zero-order chi connectivity index (χ0) is 12.5. The van der Waals surface area contributed by atoms with E-state index in [0.717, 1.165) is 0 Å². The number of benzene rings is 1. The van der Waals surface area contributed by atoms with Crippen LogP contribution in [0.1, 0.15) is 0 Å². The molecule has 0 saturated heterocycles. The van der Waals surface area contributed by atoms with Crippen LogP contribution in [0, 0.1) is 5.82 Å². The minimum atomic E-state index is -0.316. The highest BCUT2D eigenvalue weighted by Crippen LogP contribution is 2.20. The lowest BCUT2D eigenvalue weighted by Gasteiger charge is -2.07. The first-order chi connectivity index (χ1) is 8.72. The maximum absolute atomic E-state index is 13.1. The maximum atomic E-state index is 13.1. The van der Waals surface area contributed by atoms with Gasteiger partial charge in [-0.2, -0.15) is 0 Å². The molecule has 0 amide bonds. The first kappa shape index (κ1) is 10.5. The van der Waals surface area contributed by atoms with E-state index in [1.807, 2.05) is 0 Å². The second-order valence-electron chi connectivity index (χ2n) is 3.81. The molecular formula is C12H10FN5. The van der Waals surface area contributed by atoms with Crippen LogP contribution in [0.15, 0.2) is 42.9 Å². The van der Waals surface area contributed by atoms with Crippen molar-refractivity contribution in [3.05, 3.63) is 48.7 Å². The number of rotatable bonds is 2. The lowest BCUT2D eigenvalue weighted by Crippen LogP contribution is -2.02. The molecule has 0 saturated carbocycles. The molecule has 0 aliphatic heterocycles. The number of imidazole rings is 1. The summed E-state index contributed by atoms with van der Waals surface area (Å²) in [5.74, 6) is 0.535. The number of aromatic nitrogens is 3. The lowest BCUT2D eigenvalue weighted by molar-refractivity contribution is 0.628. The van der Waals surface area contributed by atoms with Crippen LogP contribution < -0.4 is 11.1 Å². The molecule has 0 aliphatic carbocycles. The average molecular weight is 243 g/mol. The van der Waals surface area contributed by atoms with E-state index in [2.05, 4.69) is 15.3 Å². The van der Waals surface area contributed by atoms with E-state index >= 15 is 0 Å². The SMILES string of the molecule is Nc1cn2ccnc2c(Nc2cccc(F)c2)n1. The quantitative estimate of drug-likeness (QED) is 0.724. The third-order valence-electron chi connectivity index (χ3n) is 2.48. The van der Waals surface area contributed by atoms with Crippen LogP contribution in [0.5, 0.6) is 0 Å². The van der Waals surface area contributed by atoms with Gasteiger partial charge in [0.1, 0.15) is 11.6 Å². The number of nitrogens with one attached hydrogen (secondary N) is 1. The molecule has 18 heavy (non-hydrogen) atoms. The predicted octanol–water partition coefficient (Wildman–Crippen LogP) is 2.19. The highest BCUT2D eigenvalue weighted by Gasteiger charge is 2.06. The van der Waals surface area contributed by atoms with Crippen molar-refractivity contribution in [1.29, 1.82) is 0 Å². The Labute approximate surface area is 102 Å². The van der Waals surface area contributed by atoms with E-state index in [-0.39, 0.29) is 5.82 Å². The van der Waals surface area contributed by atoms with Crippen LogP contribution in [0.25, 0.3) is 5.65 Å². The number of fused-ring (bicyclic) bond motifs is 1. The molecule has 0 bridgehead atoms. The van der Waals surface area contributed by atoms with Gasteiger partial charge in [-0.15, -0.1) is 0 Å². The molecule has 0 radical (unpaired) electrons. The first-order valence-electron chi connectivity index (χ1n) is 5.34. The molecule has 0 spiro atoms. The molecule has 3 N–H and O–H groups in total. The molecule has 1 aromatic carbocycles. The highest BCUT2D eigenvalue weighted by atomic mass is 19.1. The van der Waals surface area contributed by atoms with Gasteiger partial charge in [-0.05, 0) is 18.2 Å². The molecule has 3 aromatic rings. The summed E-state index contributed by atoms with van der Waals surface area (Å²) in [6.07, 6.45) is 5.08. The number of halogens is 1. The fourth-order valence-electron chi connectivity index (χ4n) is 1.74. The fraction of sp³-hybridized carbons (Fsp3) is 0. The number of nitrogen functional groups attached to an aromatic ring is 1. The van der Waals surface area contributed by atoms with Gasteiger partial charge < -0.3 is 15.5 Å². The van der Waals surface area contributed by atoms with Crippen molar-refractivity contribution in [1.82, 2.24) is 14.4 Å². The fourth-order valence-corrected chi connectivity index (χ4v) is 1.74. The third kappa shape index (κ3) is 1.84. The minimum absolute atomic E-state index is 0.316. The summed E-state index contributed by atoms with van der Waals surface area (Å²) in [4.78, 5) is 8.33. The van der Waals surface area contributed by atoms with Crippen LogP contribution in [-0.2, 0) is 0 Å². The Morgan fingerprint density at radius 1 is 1.33 bits per heavy atom. The van der Waals surface area contributed by atoms with Gasteiger partial charge in [0.05, 0.1) is 6.20 Å². The molecule has 90 valence electrons. The molecule has 6 heteroatoms. The Hall–Kier alpha value is -2.63. The van der Waals surface area contributed by atoms with Gasteiger partial charge in [0.15, 0.2) is 11.5 Å². The summed E-state index contributed by atoms with van der Waals surface area (Å²) in [5.41, 5.74) is 6.92. The molecule has 0 atom stereocenters. The van der Waals surface area contributed by atoms with Crippen molar-refractivity contribution in [3.8, 4) is 0 Å². The zero-order valence-corrected chi connectivity index (χ0v) is 9.34. The van der Waals surface area contributed by atoms with E-state index < -0.39 is 0 Å². The van der Waals surface area contributed by atoms with E-state index in [1.54, 1.807) is 35.1 Å². The van der Waals surface area contributed by atoms with Crippen molar-refractivity contribution in [2.75, 3.05) is 11.1 Å². The Morgan fingerprint density at radius 2 is 2.22 bits per heavy atom. The number of hydrogen-bond acceptors (Lipinski definition) is 4. The predicted molar refractivity (Wildman–Crippen MR) is 67.1 cm³/mol. The Balaban J connectivity index is 2.06. The lowest BCUT2D eigenvalue weighted by atomic mass is 10.3. The normalized spacial score (nSPS) is 10.7. The summed E-state index contributed by atoms with van der Waals surface area (Å²) in [5, 5.41) is 3.00. The largest absolute Gasteiger partial charge is 0.382 e. The molecule has 2 heterocycles. The summed E-state index contributed by atoms with van der Waals surface area (Å²) in [6, 6.07) is 6.12. The Bertz CT molecular complexity index is 707. The summed E-state index contributed by atoms with van der Waals surface area (Å²) in [6.45, 7) is 0. The first-order valence-corrected chi connectivity index (χ1v) is 5.34. The van der Waals surface area contributed by atoms with Gasteiger partial charge in [-0.1, -0.05) is 6.07 Å². The Morgan fingerprint density at radius 3 is 3.06 bits per heavy atom. The third-order valence-corrected chi connectivity index (χ3v) is 2.48. The summed E-state index contributed by atoms with van der Waals surface area (Å²) in [7, 11) is 0. The average Bonchev–Trinajstić information content (AvgIpc) is 2.77. The molecular weight excluding hydrogens is 233 g/mol. The van der Waals surface area contributed by atoms with Gasteiger partial charge in [0, 0.05) is 18.1 Å². The van der Waals surface area contributed by atoms with Crippen molar-refractivity contribution in [3.63, 3.8) is 0 Å². The summed E-state index contributed by atoms with van der Waals surface area (Å²) < 4.78 is 14.9. The Kier molecular flexibility index (Phi) is 2.33. The summed E-state index contributed by atoms with van der Waals surface area (Å²) >= 11 is 0. The van der Waals surface area contributed by atoms with Crippen molar-refractivity contribution in [2.24, 2.45) is 0 Å². The molecule has 5 nitrogen and oxygen atoms in total. The number of anilines is 3. The number of hydrogen-bond donors (Lipinski definition) is 2. The number of nitrogens with two attached hydrogens (primary N) is 1. The zero-order valence-electron chi connectivity index (χ0n) is 9.34. The molecule has 0 aliphatic rings. The second kappa shape index (κ2) is 3.99. The van der Waals surface area contributed by atoms with Crippen molar-refractivity contribution >= 4 is 23.0 Å². The van der Waals surface area contributed by atoms with Gasteiger partial charge >= 0.3 is 0 Å². The van der Waals surface area contributed by atoms with Crippen molar-refractivity contribution in [2.45, 2.75) is 0 Å². The monoisotopic (exact) mass is 243 g/mol. The second-order valence-corrected chi connectivity index (χ2v) is 3.81.